The van der Waals surface area contributed by atoms with Crippen LogP contribution in [-0.4, -0.2) is 47.5 Å². The maximum absolute atomic E-state index is 13.4. The van der Waals surface area contributed by atoms with E-state index >= 15 is 0 Å². The second-order valence-electron chi connectivity index (χ2n) is 8.29. The zero-order valence-corrected chi connectivity index (χ0v) is 17.6. The van der Waals surface area contributed by atoms with Crippen LogP contribution >= 0.6 is 0 Å². The van der Waals surface area contributed by atoms with Gasteiger partial charge >= 0.3 is 12.1 Å². The molecule has 1 heterocycles. The van der Waals surface area contributed by atoms with Crippen molar-refractivity contribution in [2.75, 3.05) is 6.61 Å². The fourth-order valence-corrected chi connectivity index (χ4v) is 3.88. The van der Waals surface area contributed by atoms with Crippen molar-refractivity contribution in [3.63, 3.8) is 0 Å². The van der Waals surface area contributed by atoms with Crippen molar-refractivity contribution in [2.45, 2.75) is 77.7 Å². The number of ether oxygens (including phenoxy) is 3. The van der Waals surface area contributed by atoms with E-state index in [1.165, 1.54) is 6.92 Å². The maximum atomic E-state index is 13.4. The molecule has 1 spiro atoms. The molecule has 2 aliphatic rings. The first-order valence-corrected chi connectivity index (χ1v) is 9.58. The molecule has 0 aromatic heterocycles. The topological polar surface area (TPSA) is 65.0 Å². The van der Waals surface area contributed by atoms with E-state index in [-0.39, 0.29) is 25.2 Å². The summed E-state index contributed by atoms with van der Waals surface area (Å²) in [5.74, 6) is -2.12. The largest absolute Gasteiger partial charge is 0.463 e. The minimum atomic E-state index is -4.78. The molecule has 0 amide bonds. The summed E-state index contributed by atoms with van der Waals surface area (Å²) in [6.07, 6.45) is -1.03. The van der Waals surface area contributed by atoms with Gasteiger partial charge < -0.3 is 19.3 Å². The number of carbonyl (C=O) groups is 1. The quantitative estimate of drug-likeness (QED) is 0.321. The van der Waals surface area contributed by atoms with Crippen molar-refractivity contribution in [3.05, 3.63) is 35.5 Å². The predicted molar refractivity (Wildman–Crippen MR) is 101 cm³/mol. The third kappa shape index (κ3) is 4.75. The minimum absolute atomic E-state index is 0.0398. The van der Waals surface area contributed by atoms with Crippen LogP contribution < -0.4 is 0 Å². The van der Waals surface area contributed by atoms with Crippen molar-refractivity contribution in [1.29, 1.82) is 0 Å². The van der Waals surface area contributed by atoms with Gasteiger partial charge in [-0.2, -0.15) is 13.2 Å². The molecule has 0 aromatic carbocycles. The van der Waals surface area contributed by atoms with E-state index in [2.05, 4.69) is 4.74 Å². The van der Waals surface area contributed by atoms with Crippen molar-refractivity contribution in [2.24, 2.45) is 5.41 Å². The highest BCUT2D eigenvalue weighted by molar-refractivity contribution is 5.83. The zero-order valence-electron chi connectivity index (χ0n) is 17.6. The van der Waals surface area contributed by atoms with Crippen LogP contribution in [0.25, 0.3) is 0 Å². The number of halogens is 3. The monoisotopic (exact) mass is 418 g/mol. The Kier molecular flexibility index (Phi) is 6.43. The summed E-state index contributed by atoms with van der Waals surface area (Å²) in [5, 5.41) is 11.3. The molecule has 1 aliphatic heterocycles. The molecule has 3 unspecified atom stereocenters. The van der Waals surface area contributed by atoms with Crippen LogP contribution in [0.5, 0.6) is 0 Å². The molecule has 1 saturated heterocycles. The normalized spacial score (nSPS) is 35.2. The van der Waals surface area contributed by atoms with Gasteiger partial charge in [0.2, 0.25) is 0 Å². The number of carbonyl (C=O) groups excluding carboxylic acids is 1. The molecule has 0 saturated carbocycles. The fourth-order valence-electron chi connectivity index (χ4n) is 3.88. The Morgan fingerprint density at radius 3 is 2.31 bits per heavy atom. The van der Waals surface area contributed by atoms with Gasteiger partial charge in [0.1, 0.15) is 5.60 Å². The molecule has 164 valence electrons. The molecule has 0 aromatic rings. The smallest absolute Gasteiger partial charge is 0.416 e. The first-order chi connectivity index (χ1) is 13.2. The lowest BCUT2D eigenvalue weighted by molar-refractivity contribution is -0.183. The minimum Gasteiger partial charge on any atom is -0.463 e. The van der Waals surface area contributed by atoms with E-state index in [4.69, 9.17) is 9.47 Å². The van der Waals surface area contributed by atoms with Gasteiger partial charge in [0.25, 0.3) is 0 Å². The summed E-state index contributed by atoms with van der Waals surface area (Å²) in [6, 6.07) is 0. The maximum Gasteiger partial charge on any atom is 0.416 e. The lowest BCUT2D eigenvalue weighted by atomic mass is 9.63. The van der Waals surface area contributed by atoms with Crippen LogP contribution in [-0.2, 0) is 19.0 Å². The zero-order chi connectivity index (χ0) is 22.3. The highest BCUT2D eigenvalue weighted by Gasteiger charge is 2.56. The van der Waals surface area contributed by atoms with Crippen LogP contribution in [0.2, 0.25) is 0 Å². The first kappa shape index (κ1) is 23.6. The average molecular weight is 418 g/mol. The Bertz CT molecular complexity index is 725. The standard InChI is InChI=1S/C21H29F3O5/c1-7-27-17(25)10-16(21(22,23)24)8-9-20(26)13(2)11-19(12-18(20,5)6)28-14(3)15(4)29-19/h8-11,14-15,26H,7,12H2,1-6H3/b9-8+,16-10+. The number of esters is 1. The lowest BCUT2D eigenvalue weighted by Gasteiger charge is -2.49. The van der Waals surface area contributed by atoms with Gasteiger partial charge in [-0.1, -0.05) is 19.9 Å². The molecule has 1 fully saturated rings. The number of hydrogen-bond acceptors (Lipinski definition) is 5. The second kappa shape index (κ2) is 7.89. The van der Waals surface area contributed by atoms with Crippen LogP contribution in [0.1, 0.15) is 48.0 Å². The predicted octanol–water partition coefficient (Wildman–Crippen LogP) is 4.22. The number of aliphatic hydroxyl groups is 1. The summed E-state index contributed by atoms with van der Waals surface area (Å²) in [6.45, 7) is 10.3. The molecular formula is C21H29F3O5. The van der Waals surface area contributed by atoms with Gasteiger partial charge in [0.15, 0.2) is 5.79 Å². The Labute approximate surface area is 169 Å². The van der Waals surface area contributed by atoms with Crippen LogP contribution in [0, 0.1) is 5.41 Å². The molecule has 5 nitrogen and oxygen atoms in total. The van der Waals surface area contributed by atoms with Gasteiger partial charge in [-0.25, -0.2) is 4.79 Å². The van der Waals surface area contributed by atoms with E-state index in [0.29, 0.717) is 11.6 Å². The molecule has 3 atom stereocenters. The number of alkyl halides is 3. The molecule has 0 bridgehead atoms. The third-order valence-electron chi connectivity index (χ3n) is 5.58. The van der Waals surface area contributed by atoms with Gasteiger partial charge in [0, 0.05) is 17.9 Å². The van der Waals surface area contributed by atoms with Gasteiger partial charge in [0.05, 0.1) is 24.4 Å². The summed E-state index contributed by atoms with van der Waals surface area (Å²) >= 11 is 0. The number of hydrogen-bond donors (Lipinski definition) is 1. The Hall–Kier alpha value is -1.64. The first-order valence-electron chi connectivity index (χ1n) is 9.58. The molecule has 0 radical (unpaired) electrons. The molecule has 1 aliphatic carbocycles. The van der Waals surface area contributed by atoms with E-state index < -0.39 is 34.5 Å². The summed E-state index contributed by atoms with van der Waals surface area (Å²) in [7, 11) is 0. The lowest BCUT2D eigenvalue weighted by Crippen LogP contribution is -2.53. The second-order valence-corrected chi connectivity index (χ2v) is 8.29. The van der Waals surface area contributed by atoms with Crippen LogP contribution in [0.15, 0.2) is 35.5 Å². The third-order valence-corrected chi connectivity index (χ3v) is 5.58. The van der Waals surface area contributed by atoms with Gasteiger partial charge in [-0.05, 0) is 45.4 Å². The van der Waals surface area contributed by atoms with Crippen molar-refractivity contribution in [1.82, 2.24) is 0 Å². The van der Waals surface area contributed by atoms with E-state index in [0.717, 1.165) is 12.2 Å². The number of rotatable bonds is 4. The van der Waals surface area contributed by atoms with E-state index in [1.54, 1.807) is 26.8 Å². The Morgan fingerprint density at radius 2 is 1.86 bits per heavy atom. The molecule has 2 rings (SSSR count). The van der Waals surface area contributed by atoms with Crippen LogP contribution in [0.4, 0.5) is 13.2 Å². The summed E-state index contributed by atoms with van der Waals surface area (Å²) in [4.78, 5) is 11.5. The van der Waals surface area contributed by atoms with Crippen LogP contribution in [0.3, 0.4) is 0 Å². The summed E-state index contributed by atoms with van der Waals surface area (Å²) < 4.78 is 56.6. The number of allylic oxidation sites excluding steroid dienone is 2. The van der Waals surface area contributed by atoms with E-state index in [9.17, 15) is 23.1 Å². The van der Waals surface area contributed by atoms with Gasteiger partial charge in [-0.3, -0.25) is 0 Å². The molecule has 8 heteroatoms. The van der Waals surface area contributed by atoms with Crippen molar-refractivity contribution in [3.8, 4) is 0 Å². The molecule has 29 heavy (non-hydrogen) atoms. The Morgan fingerprint density at radius 1 is 1.31 bits per heavy atom. The van der Waals surface area contributed by atoms with Crippen molar-refractivity contribution < 1.29 is 37.3 Å². The SMILES string of the molecule is CCOC(=O)/C=C(\C=C\C1(O)C(C)=CC2(CC1(C)C)OC(C)C(C)O2)C(F)(F)F. The highest BCUT2D eigenvalue weighted by atomic mass is 19.4. The van der Waals surface area contributed by atoms with E-state index in [1.807, 2.05) is 13.8 Å². The highest BCUT2D eigenvalue weighted by Crippen LogP contribution is 2.52. The summed E-state index contributed by atoms with van der Waals surface area (Å²) in [5.41, 5.74) is -3.40. The molecule has 1 N–H and O–H groups in total. The van der Waals surface area contributed by atoms with Gasteiger partial charge in [-0.15, -0.1) is 0 Å². The average Bonchev–Trinajstić information content (AvgIpc) is 2.81. The Balaban J connectivity index is 2.43. The molecular weight excluding hydrogens is 389 g/mol. The van der Waals surface area contributed by atoms with Crippen molar-refractivity contribution >= 4 is 5.97 Å². The fraction of sp³-hybridized carbons (Fsp3) is 0.667.